The van der Waals surface area contributed by atoms with E-state index in [0.717, 1.165) is 5.02 Å². The number of halogens is 1. The van der Waals surface area contributed by atoms with E-state index in [0.29, 0.717) is 0 Å². The summed E-state index contributed by atoms with van der Waals surface area (Å²) in [4.78, 5) is 0. The third-order valence-electron chi connectivity index (χ3n) is 7.22. The summed E-state index contributed by atoms with van der Waals surface area (Å²) in [5.74, 6) is 0. The number of benzene rings is 6. The second-order valence-corrected chi connectivity index (χ2v) is 10.6. The molecule has 0 N–H and O–H groups in total. The fourth-order valence-corrected chi connectivity index (χ4v) is 6.98. The Morgan fingerprint density at radius 3 is 2.17 bits per heavy atom. The lowest BCUT2D eigenvalue weighted by Gasteiger charge is -2.10. The van der Waals surface area contributed by atoms with Gasteiger partial charge in [0.2, 0.25) is 0 Å². The first-order chi connectivity index (χ1) is 17.3. The number of thiophene rings is 1. The Morgan fingerprint density at radius 2 is 1.29 bits per heavy atom. The van der Waals surface area contributed by atoms with Crippen LogP contribution in [0.4, 0.5) is 0 Å². The predicted molar refractivity (Wildman–Crippen MR) is 154 cm³/mol. The van der Waals surface area contributed by atoms with Crippen LogP contribution in [0.3, 0.4) is 0 Å². The van der Waals surface area contributed by atoms with Crippen molar-refractivity contribution in [2.24, 2.45) is 0 Å². The molecule has 1 nitrogen and oxygen atoms in total. The molecule has 6 aromatic carbocycles. The summed E-state index contributed by atoms with van der Waals surface area (Å²) < 4.78 is 4.99. The van der Waals surface area contributed by atoms with Crippen LogP contribution in [0.15, 0.2) is 109 Å². The highest BCUT2D eigenvalue weighted by Crippen LogP contribution is 2.42. The van der Waals surface area contributed by atoms with E-state index in [2.05, 4.69) is 108 Å². The fraction of sp³-hybridized carbons (Fsp3) is 0. The molecule has 0 aliphatic rings. The average Bonchev–Trinajstić information content (AvgIpc) is 3.43. The maximum absolute atomic E-state index is 6.32. The van der Waals surface area contributed by atoms with Crippen molar-refractivity contribution in [3.8, 4) is 5.69 Å². The van der Waals surface area contributed by atoms with Crippen LogP contribution in [-0.4, -0.2) is 4.57 Å². The van der Waals surface area contributed by atoms with Crippen LogP contribution in [-0.2, 0) is 0 Å². The van der Waals surface area contributed by atoms with Crippen LogP contribution >= 0.6 is 22.9 Å². The SMILES string of the molecule is Clc1ccc2sc3cc(-n4c5ccc6ccccc6c5c5ccc6ccccc6c54)ccc3c2c1. The van der Waals surface area contributed by atoms with Crippen molar-refractivity contribution < 1.29 is 0 Å². The highest BCUT2D eigenvalue weighted by atomic mass is 35.5. The molecule has 0 bridgehead atoms. The van der Waals surface area contributed by atoms with Crippen molar-refractivity contribution in [3.05, 3.63) is 114 Å². The third kappa shape index (κ3) is 2.70. The van der Waals surface area contributed by atoms with Gasteiger partial charge in [-0.1, -0.05) is 84.4 Å². The average molecular weight is 484 g/mol. The van der Waals surface area contributed by atoms with Crippen LogP contribution in [0, 0.1) is 0 Å². The van der Waals surface area contributed by atoms with Crippen LogP contribution in [0.25, 0.3) is 69.2 Å². The molecule has 0 unspecified atom stereocenters. The standard InChI is InChI=1S/C32H18ClNS/c33-21-11-16-29-27(17-21)25-14-12-22(18-30(25)35-29)34-28-15-10-19-5-1-3-7-23(19)31(28)26-13-9-20-6-2-4-8-24(20)32(26)34/h1-18H. The van der Waals surface area contributed by atoms with Crippen LogP contribution in [0.2, 0.25) is 5.02 Å². The summed E-state index contributed by atoms with van der Waals surface area (Å²) in [7, 11) is 0. The first-order valence-electron chi connectivity index (χ1n) is 11.7. The van der Waals surface area contributed by atoms with Crippen molar-refractivity contribution in [2.45, 2.75) is 0 Å². The second kappa shape index (κ2) is 7.08. The molecular formula is C32H18ClNS. The number of nitrogens with zero attached hydrogens (tertiary/aromatic N) is 1. The first kappa shape index (κ1) is 19.5. The van der Waals surface area contributed by atoms with Crippen molar-refractivity contribution in [2.75, 3.05) is 0 Å². The smallest absolute Gasteiger partial charge is 0.0619 e. The van der Waals surface area contributed by atoms with Crippen LogP contribution < -0.4 is 0 Å². The molecule has 2 aromatic heterocycles. The summed E-state index contributed by atoms with van der Waals surface area (Å²) in [6.07, 6.45) is 0. The molecule has 0 fully saturated rings. The fourth-order valence-electron chi connectivity index (χ4n) is 5.69. The van der Waals surface area contributed by atoms with Gasteiger partial charge in [0.05, 0.1) is 11.0 Å². The first-order valence-corrected chi connectivity index (χ1v) is 12.9. The van der Waals surface area contributed by atoms with E-state index in [-0.39, 0.29) is 0 Å². The van der Waals surface area contributed by atoms with E-state index in [9.17, 15) is 0 Å². The van der Waals surface area contributed by atoms with Gasteiger partial charge in [0.25, 0.3) is 0 Å². The molecule has 3 heteroatoms. The maximum atomic E-state index is 6.32. The summed E-state index contributed by atoms with van der Waals surface area (Å²) in [6.45, 7) is 0. The summed E-state index contributed by atoms with van der Waals surface area (Å²) in [5.41, 5.74) is 3.68. The second-order valence-electron chi connectivity index (χ2n) is 9.12. The number of aromatic nitrogens is 1. The van der Waals surface area contributed by atoms with Gasteiger partial charge in [0.15, 0.2) is 0 Å². The third-order valence-corrected chi connectivity index (χ3v) is 8.59. The molecule has 8 aromatic rings. The Morgan fingerprint density at radius 1 is 0.543 bits per heavy atom. The molecule has 0 spiro atoms. The van der Waals surface area contributed by atoms with Gasteiger partial charge < -0.3 is 4.57 Å². The predicted octanol–water partition coefficient (Wildman–Crippen LogP) is 10.1. The number of rotatable bonds is 1. The number of hydrogen-bond donors (Lipinski definition) is 0. The van der Waals surface area contributed by atoms with Gasteiger partial charge >= 0.3 is 0 Å². The molecule has 0 atom stereocenters. The monoisotopic (exact) mass is 483 g/mol. The van der Waals surface area contributed by atoms with E-state index >= 15 is 0 Å². The zero-order valence-corrected chi connectivity index (χ0v) is 20.2. The Bertz CT molecular complexity index is 2130. The Balaban J connectivity index is 1.56. The minimum absolute atomic E-state index is 0.780. The van der Waals surface area contributed by atoms with Gasteiger partial charge in [0, 0.05) is 47.0 Å². The molecule has 0 aliphatic heterocycles. The van der Waals surface area contributed by atoms with Crippen molar-refractivity contribution in [1.29, 1.82) is 0 Å². The van der Waals surface area contributed by atoms with E-state index < -0.39 is 0 Å². The van der Waals surface area contributed by atoms with Crippen molar-refractivity contribution >= 4 is 86.5 Å². The molecule has 0 saturated carbocycles. The lowest BCUT2D eigenvalue weighted by molar-refractivity contribution is 1.19. The molecule has 0 radical (unpaired) electrons. The molecular weight excluding hydrogens is 466 g/mol. The maximum Gasteiger partial charge on any atom is 0.0619 e. The van der Waals surface area contributed by atoms with Crippen LogP contribution in [0.1, 0.15) is 0 Å². The lowest BCUT2D eigenvalue weighted by atomic mass is 10.0. The van der Waals surface area contributed by atoms with Gasteiger partial charge in [0.1, 0.15) is 0 Å². The minimum Gasteiger partial charge on any atom is -0.309 e. The van der Waals surface area contributed by atoms with E-state index in [1.54, 1.807) is 0 Å². The quantitative estimate of drug-likeness (QED) is 0.219. The van der Waals surface area contributed by atoms with E-state index in [4.69, 9.17) is 11.6 Å². The van der Waals surface area contributed by atoms with Gasteiger partial charge in [-0.3, -0.25) is 0 Å². The highest BCUT2D eigenvalue weighted by molar-refractivity contribution is 7.25. The molecule has 8 rings (SSSR count). The Hall–Kier alpha value is -3.85. The van der Waals surface area contributed by atoms with Gasteiger partial charge in [-0.25, -0.2) is 0 Å². The number of fused-ring (bicyclic) bond motifs is 10. The minimum atomic E-state index is 0.780. The highest BCUT2D eigenvalue weighted by Gasteiger charge is 2.18. The van der Waals surface area contributed by atoms with E-state index in [1.165, 1.54) is 69.2 Å². The summed E-state index contributed by atoms with van der Waals surface area (Å²) >= 11 is 8.15. The topological polar surface area (TPSA) is 4.93 Å². The number of hydrogen-bond acceptors (Lipinski definition) is 1. The zero-order valence-electron chi connectivity index (χ0n) is 18.6. The zero-order chi connectivity index (χ0) is 23.1. The largest absolute Gasteiger partial charge is 0.309 e. The molecule has 35 heavy (non-hydrogen) atoms. The molecule has 2 heterocycles. The molecule has 0 aliphatic carbocycles. The van der Waals surface area contributed by atoms with Crippen molar-refractivity contribution in [1.82, 2.24) is 4.57 Å². The Labute approximate surface area is 210 Å². The molecule has 0 saturated heterocycles. The summed E-state index contributed by atoms with van der Waals surface area (Å²) in [5, 5.41) is 11.0. The van der Waals surface area contributed by atoms with Crippen molar-refractivity contribution in [3.63, 3.8) is 0 Å². The molecule has 164 valence electrons. The Kier molecular flexibility index (Phi) is 3.94. The van der Waals surface area contributed by atoms with Crippen LogP contribution in [0.5, 0.6) is 0 Å². The summed E-state index contributed by atoms with van der Waals surface area (Å²) in [6, 6.07) is 39.5. The van der Waals surface area contributed by atoms with E-state index in [1.807, 2.05) is 17.4 Å². The van der Waals surface area contributed by atoms with Gasteiger partial charge in [-0.05, 0) is 52.6 Å². The van der Waals surface area contributed by atoms with Gasteiger partial charge in [-0.15, -0.1) is 11.3 Å². The lowest BCUT2D eigenvalue weighted by Crippen LogP contribution is -1.94. The molecule has 0 amide bonds. The van der Waals surface area contributed by atoms with Gasteiger partial charge in [-0.2, -0.15) is 0 Å². The normalized spacial score (nSPS) is 12.1.